The molecule has 1 N–H and O–H groups in total. The van der Waals surface area contributed by atoms with Gasteiger partial charge in [-0.25, -0.2) is 0 Å². The quantitative estimate of drug-likeness (QED) is 0.501. The molecule has 0 unspecified atom stereocenters. The second-order valence-electron chi connectivity index (χ2n) is 11.5. The molecule has 214 valence electrons. The molecule has 9 nitrogen and oxygen atoms in total. The molecule has 0 radical (unpaired) electrons. The van der Waals surface area contributed by atoms with Gasteiger partial charge in [0.1, 0.15) is 35.6 Å². The number of anilines is 2. The first kappa shape index (κ1) is 27.1. The first-order valence-electron chi connectivity index (χ1n) is 14.4. The lowest BCUT2D eigenvalue weighted by Crippen LogP contribution is -2.49. The lowest BCUT2D eigenvalue weighted by atomic mass is 9.71. The number of hydrogen-bond acceptors (Lipinski definition) is 7. The van der Waals surface area contributed by atoms with Gasteiger partial charge in [-0.3, -0.25) is 14.6 Å². The standard InChI is InChI=1S/C32H37N5O4/c1-35-16-11-32(12-17-35)13-18-37(19-14-32)23-8-9-29-28(20-23)36(2)31(39)27(22-40-29)34-30(38)26-21-25(10-15-33-26)41-24-6-4-3-5-7-24/h3-10,15,20-21,27H,11-14,16-19,22H2,1-2H3,(H,34,38)/t27-/m1/s1. The van der Waals surface area contributed by atoms with Crippen molar-refractivity contribution in [1.82, 2.24) is 15.2 Å². The molecule has 9 heteroatoms. The molecule has 41 heavy (non-hydrogen) atoms. The van der Waals surface area contributed by atoms with E-state index in [0.29, 0.717) is 28.4 Å². The summed E-state index contributed by atoms with van der Waals surface area (Å²) in [5.41, 5.74) is 2.43. The third-order valence-corrected chi connectivity index (χ3v) is 8.82. The van der Waals surface area contributed by atoms with Gasteiger partial charge in [0.05, 0.1) is 5.69 Å². The number of para-hydroxylation sites is 1. The van der Waals surface area contributed by atoms with Crippen molar-refractivity contribution in [3.63, 3.8) is 0 Å². The zero-order chi connectivity index (χ0) is 28.4. The second kappa shape index (κ2) is 11.4. The molecule has 0 saturated carbocycles. The number of rotatable bonds is 5. The summed E-state index contributed by atoms with van der Waals surface area (Å²) >= 11 is 0. The number of nitrogens with one attached hydrogen (secondary N) is 1. The highest BCUT2D eigenvalue weighted by Gasteiger charge is 2.37. The van der Waals surface area contributed by atoms with Crippen LogP contribution in [-0.4, -0.2) is 74.6 Å². The summed E-state index contributed by atoms with van der Waals surface area (Å²) in [7, 11) is 3.94. The minimum absolute atomic E-state index is 0.0299. The number of likely N-dealkylation sites (tertiary alicyclic amines) is 1. The molecule has 1 atom stereocenters. The van der Waals surface area contributed by atoms with Crippen LogP contribution in [-0.2, 0) is 4.79 Å². The summed E-state index contributed by atoms with van der Waals surface area (Å²) in [6, 6.07) is 17.7. The average Bonchev–Trinajstić information content (AvgIpc) is 3.11. The Morgan fingerprint density at radius 2 is 1.68 bits per heavy atom. The van der Waals surface area contributed by atoms with Crippen LogP contribution in [0.25, 0.3) is 0 Å². The van der Waals surface area contributed by atoms with Gasteiger partial charge >= 0.3 is 0 Å². The third kappa shape index (κ3) is 5.86. The molecule has 3 aliphatic rings. The van der Waals surface area contributed by atoms with Crippen molar-refractivity contribution in [3.05, 3.63) is 72.6 Å². The number of hydrogen-bond donors (Lipinski definition) is 1. The minimum atomic E-state index is -0.858. The van der Waals surface area contributed by atoms with E-state index in [2.05, 4.69) is 33.2 Å². The first-order valence-corrected chi connectivity index (χ1v) is 14.4. The van der Waals surface area contributed by atoms with Gasteiger partial charge in [0.25, 0.3) is 11.8 Å². The number of likely N-dealkylation sites (N-methyl/N-ethyl adjacent to an activating group) is 1. The van der Waals surface area contributed by atoms with E-state index >= 15 is 0 Å². The monoisotopic (exact) mass is 555 g/mol. The molecular formula is C32H37N5O4. The van der Waals surface area contributed by atoms with E-state index in [1.807, 2.05) is 42.5 Å². The Labute approximate surface area is 241 Å². The van der Waals surface area contributed by atoms with Crippen molar-refractivity contribution in [2.75, 3.05) is 56.7 Å². The zero-order valence-corrected chi connectivity index (χ0v) is 23.7. The van der Waals surface area contributed by atoms with Gasteiger partial charge in [-0.2, -0.15) is 0 Å². The van der Waals surface area contributed by atoms with Crippen LogP contribution >= 0.6 is 0 Å². The van der Waals surface area contributed by atoms with Gasteiger partial charge in [0, 0.05) is 38.1 Å². The van der Waals surface area contributed by atoms with Crippen molar-refractivity contribution in [2.45, 2.75) is 31.7 Å². The van der Waals surface area contributed by atoms with Crippen LogP contribution in [0.15, 0.2) is 66.9 Å². The van der Waals surface area contributed by atoms with Gasteiger partial charge < -0.3 is 29.5 Å². The second-order valence-corrected chi connectivity index (χ2v) is 11.5. The molecular weight excluding hydrogens is 518 g/mol. The molecule has 3 aliphatic heterocycles. The molecule has 0 bridgehead atoms. The Bertz CT molecular complexity index is 1400. The molecule has 1 aromatic heterocycles. The van der Waals surface area contributed by atoms with Crippen molar-refractivity contribution < 1.29 is 19.1 Å². The number of piperidine rings is 2. The van der Waals surface area contributed by atoms with Crippen LogP contribution in [0.2, 0.25) is 0 Å². The normalized spacial score (nSPS) is 20.6. The summed E-state index contributed by atoms with van der Waals surface area (Å²) in [6.45, 7) is 4.43. The van der Waals surface area contributed by atoms with Crippen molar-refractivity contribution in [1.29, 1.82) is 0 Å². The molecule has 4 heterocycles. The molecule has 2 aromatic carbocycles. The Hall–Kier alpha value is -4.11. The highest BCUT2D eigenvalue weighted by molar-refractivity contribution is 6.03. The predicted octanol–water partition coefficient (Wildman–Crippen LogP) is 4.34. The lowest BCUT2D eigenvalue weighted by Gasteiger charge is -2.47. The van der Waals surface area contributed by atoms with Gasteiger partial charge in [0.15, 0.2) is 0 Å². The third-order valence-electron chi connectivity index (χ3n) is 8.82. The van der Waals surface area contributed by atoms with Crippen LogP contribution in [0.3, 0.4) is 0 Å². The summed E-state index contributed by atoms with van der Waals surface area (Å²) < 4.78 is 11.9. The Balaban J connectivity index is 1.11. The van der Waals surface area contributed by atoms with Crippen LogP contribution in [0, 0.1) is 5.41 Å². The number of ether oxygens (including phenoxy) is 2. The van der Waals surface area contributed by atoms with Crippen LogP contribution in [0.5, 0.6) is 17.2 Å². The number of amides is 2. The van der Waals surface area contributed by atoms with Gasteiger partial charge in [-0.1, -0.05) is 18.2 Å². The van der Waals surface area contributed by atoms with Crippen molar-refractivity contribution in [2.24, 2.45) is 5.41 Å². The smallest absolute Gasteiger partial charge is 0.270 e. The SMILES string of the molecule is CN1CCC2(CC1)CCN(c1ccc3c(c1)N(C)C(=O)[C@H](NC(=O)c1cc(Oc4ccccc4)ccn1)CO3)CC2. The molecule has 2 saturated heterocycles. The summed E-state index contributed by atoms with van der Waals surface area (Å²) in [4.78, 5) is 37.2. The van der Waals surface area contributed by atoms with E-state index in [4.69, 9.17) is 9.47 Å². The molecule has 1 spiro atoms. The number of nitrogens with zero attached hydrogens (tertiary/aromatic N) is 4. The number of fused-ring (bicyclic) bond motifs is 1. The minimum Gasteiger partial charge on any atom is -0.489 e. The molecule has 0 aliphatic carbocycles. The summed E-state index contributed by atoms with van der Waals surface area (Å²) in [5.74, 6) is 1.05. The van der Waals surface area contributed by atoms with E-state index in [1.165, 1.54) is 45.0 Å². The summed E-state index contributed by atoms with van der Waals surface area (Å²) in [6.07, 6.45) is 6.46. The van der Waals surface area contributed by atoms with Gasteiger partial charge in [-0.15, -0.1) is 0 Å². The fourth-order valence-corrected chi connectivity index (χ4v) is 6.07. The molecule has 2 amide bonds. The largest absolute Gasteiger partial charge is 0.489 e. The van der Waals surface area contributed by atoms with Crippen LogP contribution < -0.4 is 24.6 Å². The van der Waals surface area contributed by atoms with E-state index in [1.54, 1.807) is 24.1 Å². The molecule has 3 aromatic rings. The molecule has 6 rings (SSSR count). The van der Waals surface area contributed by atoms with E-state index in [-0.39, 0.29) is 18.2 Å². The van der Waals surface area contributed by atoms with Crippen LogP contribution in [0.4, 0.5) is 11.4 Å². The first-order chi connectivity index (χ1) is 19.9. The highest BCUT2D eigenvalue weighted by Crippen LogP contribution is 2.43. The summed E-state index contributed by atoms with van der Waals surface area (Å²) in [5, 5.41) is 2.81. The number of carbonyl (C=O) groups is 2. The highest BCUT2D eigenvalue weighted by atomic mass is 16.5. The van der Waals surface area contributed by atoms with E-state index < -0.39 is 11.9 Å². The number of benzene rings is 2. The Morgan fingerprint density at radius 1 is 0.951 bits per heavy atom. The number of aromatic nitrogens is 1. The maximum atomic E-state index is 13.5. The fourth-order valence-electron chi connectivity index (χ4n) is 6.07. The maximum absolute atomic E-state index is 13.5. The van der Waals surface area contributed by atoms with E-state index in [9.17, 15) is 9.59 Å². The maximum Gasteiger partial charge on any atom is 0.270 e. The molecule has 2 fully saturated rings. The fraction of sp³-hybridized carbons (Fsp3) is 0.406. The van der Waals surface area contributed by atoms with Crippen molar-refractivity contribution >= 4 is 23.2 Å². The van der Waals surface area contributed by atoms with Gasteiger partial charge in [-0.05, 0) is 87.6 Å². The lowest BCUT2D eigenvalue weighted by molar-refractivity contribution is -0.120. The topological polar surface area (TPSA) is 87.2 Å². The predicted molar refractivity (Wildman–Crippen MR) is 158 cm³/mol. The van der Waals surface area contributed by atoms with Gasteiger partial charge in [0.2, 0.25) is 0 Å². The van der Waals surface area contributed by atoms with Crippen molar-refractivity contribution in [3.8, 4) is 17.2 Å². The Kier molecular flexibility index (Phi) is 7.53. The van der Waals surface area contributed by atoms with Crippen LogP contribution in [0.1, 0.15) is 36.2 Å². The number of pyridine rings is 1. The zero-order valence-electron chi connectivity index (χ0n) is 23.7. The number of carbonyl (C=O) groups excluding carboxylic acids is 2. The Morgan fingerprint density at radius 3 is 2.44 bits per heavy atom. The average molecular weight is 556 g/mol. The van der Waals surface area contributed by atoms with E-state index in [0.717, 1.165) is 18.8 Å².